The number of pyridine rings is 1. The number of nitrogens with zero attached hydrogens (tertiary/aromatic N) is 1. The van der Waals surface area contributed by atoms with Crippen LogP contribution < -0.4 is 5.73 Å². The lowest BCUT2D eigenvalue weighted by Crippen LogP contribution is -2.43. The smallest absolute Gasteiger partial charge is 0.248 e. The molecule has 16 heavy (non-hydrogen) atoms. The van der Waals surface area contributed by atoms with Crippen molar-refractivity contribution in [3.05, 3.63) is 29.6 Å². The Morgan fingerprint density at radius 1 is 1.19 bits per heavy atom. The third kappa shape index (κ3) is 2.21. The minimum Gasteiger partial charge on any atom is -0.321 e. The molecule has 2 nitrogen and oxygen atoms in total. The molecule has 0 aromatic carbocycles. The molecule has 2 N–H and O–H groups in total. The second kappa shape index (κ2) is 3.77. The van der Waals surface area contributed by atoms with E-state index in [1.807, 2.05) is 13.0 Å². The van der Waals surface area contributed by atoms with E-state index in [-0.39, 0.29) is 12.8 Å². The van der Waals surface area contributed by atoms with Crippen molar-refractivity contribution in [3.63, 3.8) is 0 Å². The lowest BCUT2D eigenvalue weighted by Gasteiger charge is -2.37. The summed E-state index contributed by atoms with van der Waals surface area (Å²) in [6.45, 7) is 1.93. The Morgan fingerprint density at radius 3 is 2.38 bits per heavy atom. The number of rotatable bonds is 1. The maximum Gasteiger partial charge on any atom is 0.248 e. The lowest BCUT2D eigenvalue weighted by atomic mass is 9.76. The topological polar surface area (TPSA) is 38.9 Å². The first-order valence-corrected chi connectivity index (χ1v) is 5.50. The van der Waals surface area contributed by atoms with Crippen molar-refractivity contribution in [3.8, 4) is 0 Å². The first-order valence-electron chi connectivity index (χ1n) is 5.50. The van der Waals surface area contributed by atoms with E-state index in [2.05, 4.69) is 4.98 Å². The van der Waals surface area contributed by atoms with E-state index < -0.39 is 11.5 Å². The SMILES string of the molecule is Cc1cncc(C2(N)CCC(F)(F)CC2)c1. The highest BCUT2D eigenvalue weighted by molar-refractivity contribution is 5.25. The Morgan fingerprint density at radius 2 is 1.81 bits per heavy atom. The number of aryl methyl sites for hydroxylation is 1. The summed E-state index contributed by atoms with van der Waals surface area (Å²) < 4.78 is 26.1. The summed E-state index contributed by atoms with van der Waals surface area (Å²) in [7, 11) is 0. The molecular weight excluding hydrogens is 210 g/mol. The molecular formula is C12H16F2N2. The van der Waals surface area contributed by atoms with Crippen LogP contribution in [0.2, 0.25) is 0 Å². The van der Waals surface area contributed by atoms with Crippen molar-refractivity contribution < 1.29 is 8.78 Å². The summed E-state index contributed by atoms with van der Waals surface area (Å²) in [4.78, 5) is 4.07. The van der Waals surface area contributed by atoms with Crippen LogP contribution in [0, 0.1) is 6.92 Å². The van der Waals surface area contributed by atoms with E-state index in [1.165, 1.54) is 0 Å². The van der Waals surface area contributed by atoms with Crippen molar-refractivity contribution in [2.45, 2.75) is 44.1 Å². The van der Waals surface area contributed by atoms with E-state index in [1.54, 1.807) is 12.4 Å². The van der Waals surface area contributed by atoms with Gasteiger partial charge in [-0.15, -0.1) is 0 Å². The normalized spacial score (nSPS) is 23.0. The Labute approximate surface area is 93.9 Å². The first-order chi connectivity index (χ1) is 7.41. The Balaban J connectivity index is 2.21. The summed E-state index contributed by atoms with van der Waals surface area (Å²) in [6.07, 6.45) is 3.83. The van der Waals surface area contributed by atoms with Crippen LogP contribution in [0.15, 0.2) is 18.5 Å². The van der Waals surface area contributed by atoms with Crippen LogP contribution >= 0.6 is 0 Å². The monoisotopic (exact) mass is 226 g/mol. The molecule has 1 aromatic rings. The van der Waals surface area contributed by atoms with Gasteiger partial charge in [0.15, 0.2) is 0 Å². The molecule has 1 aliphatic carbocycles. The Hall–Kier alpha value is -1.03. The molecule has 0 radical (unpaired) electrons. The molecule has 1 aliphatic rings. The molecule has 1 saturated carbocycles. The molecule has 1 heterocycles. The van der Waals surface area contributed by atoms with E-state index in [9.17, 15) is 8.78 Å². The lowest BCUT2D eigenvalue weighted by molar-refractivity contribution is -0.0514. The molecule has 0 saturated heterocycles. The van der Waals surface area contributed by atoms with Gasteiger partial charge >= 0.3 is 0 Å². The van der Waals surface area contributed by atoms with Gasteiger partial charge in [-0.25, -0.2) is 8.78 Å². The van der Waals surface area contributed by atoms with Gasteiger partial charge in [0.05, 0.1) is 0 Å². The van der Waals surface area contributed by atoms with Crippen LogP contribution in [0.1, 0.15) is 36.8 Å². The molecule has 0 aliphatic heterocycles. The molecule has 0 unspecified atom stereocenters. The summed E-state index contributed by atoms with van der Waals surface area (Å²) in [5.41, 5.74) is 7.46. The highest BCUT2D eigenvalue weighted by atomic mass is 19.3. The number of hydrogen-bond acceptors (Lipinski definition) is 2. The number of hydrogen-bond donors (Lipinski definition) is 1. The van der Waals surface area contributed by atoms with E-state index in [0.717, 1.165) is 11.1 Å². The summed E-state index contributed by atoms with van der Waals surface area (Å²) in [6, 6.07) is 1.94. The fourth-order valence-electron chi connectivity index (χ4n) is 2.18. The summed E-state index contributed by atoms with van der Waals surface area (Å²) in [5, 5.41) is 0. The van der Waals surface area contributed by atoms with Gasteiger partial charge < -0.3 is 5.73 Å². The predicted octanol–water partition coefficient (Wildman–Crippen LogP) is 2.75. The van der Waals surface area contributed by atoms with Crippen molar-refractivity contribution in [1.29, 1.82) is 0 Å². The molecule has 4 heteroatoms. The fraction of sp³-hybridized carbons (Fsp3) is 0.583. The zero-order valence-electron chi connectivity index (χ0n) is 9.34. The first kappa shape index (κ1) is 11.5. The van der Waals surface area contributed by atoms with Gasteiger partial charge in [0, 0.05) is 30.8 Å². The maximum atomic E-state index is 13.1. The molecule has 0 atom stereocenters. The Bertz CT molecular complexity index is 380. The van der Waals surface area contributed by atoms with Crippen LogP contribution in [0.3, 0.4) is 0 Å². The zero-order chi connectivity index (χ0) is 11.8. The zero-order valence-corrected chi connectivity index (χ0v) is 9.34. The van der Waals surface area contributed by atoms with E-state index in [4.69, 9.17) is 5.73 Å². The van der Waals surface area contributed by atoms with Crippen LogP contribution in [0.5, 0.6) is 0 Å². The quantitative estimate of drug-likeness (QED) is 0.799. The van der Waals surface area contributed by atoms with Gasteiger partial charge in [-0.05, 0) is 30.9 Å². The summed E-state index contributed by atoms with van der Waals surface area (Å²) in [5.74, 6) is -2.54. The van der Waals surface area contributed by atoms with Crippen LogP contribution in [-0.4, -0.2) is 10.9 Å². The highest BCUT2D eigenvalue weighted by Gasteiger charge is 2.42. The van der Waals surface area contributed by atoms with Crippen LogP contribution in [0.25, 0.3) is 0 Å². The molecule has 88 valence electrons. The minimum absolute atomic E-state index is 0.128. The van der Waals surface area contributed by atoms with Crippen molar-refractivity contribution in [2.75, 3.05) is 0 Å². The van der Waals surface area contributed by atoms with Crippen molar-refractivity contribution in [1.82, 2.24) is 4.98 Å². The molecule has 1 aromatic heterocycles. The number of nitrogens with two attached hydrogens (primary N) is 1. The van der Waals surface area contributed by atoms with Crippen molar-refractivity contribution >= 4 is 0 Å². The largest absolute Gasteiger partial charge is 0.321 e. The predicted molar refractivity (Wildman–Crippen MR) is 58.3 cm³/mol. The average Bonchev–Trinajstić information content (AvgIpc) is 2.23. The number of halogens is 2. The number of alkyl halides is 2. The van der Waals surface area contributed by atoms with Crippen molar-refractivity contribution in [2.24, 2.45) is 5.73 Å². The number of aromatic nitrogens is 1. The highest BCUT2D eigenvalue weighted by Crippen LogP contribution is 2.42. The third-order valence-corrected chi connectivity index (χ3v) is 3.32. The van der Waals surface area contributed by atoms with Crippen LogP contribution in [-0.2, 0) is 5.54 Å². The van der Waals surface area contributed by atoms with Gasteiger partial charge in [0.2, 0.25) is 5.92 Å². The fourth-order valence-corrected chi connectivity index (χ4v) is 2.18. The van der Waals surface area contributed by atoms with Gasteiger partial charge in [-0.3, -0.25) is 4.98 Å². The molecule has 0 amide bonds. The molecule has 0 bridgehead atoms. The van der Waals surface area contributed by atoms with E-state index in [0.29, 0.717) is 12.8 Å². The average molecular weight is 226 g/mol. The Kier molecular flexibility index (Phi) is 2.70. The van der Waals surface area contributed by atoms with E-state index >= 15 is 0 Å². The second-order valence-corrected chi connectivity index (χ2v) is 4.76. The van der Waals surface area contributed by atoms with Gasteiger partial charge in [0.25, 0.3) is 0 Å². The minimum atomic E-state index is -2.54. The third-order valence-electron chi connectivity index (χ3n) is 3.32. The summed E-state index contributed by atoms with van der Waals surface area (Å²) >= 11 is 0. The maximum absolute atomic E-state index is 13.1. The van der Waals surface area contributed by atoms with Gasteiger partial charge in [-0.1, -0.05) is 6.07 Å². The second-order valence-electron chi connectivity index (χ2n) is 4.76. The molecule has 1 fully saturated rings. The van der Waals surface area contributed by atoms with Gasteiger partial charge in [0.1, 0.15) is 0 Å². The molecule has 2 rings (SSSR count). The molecule has 0 spiro atoms. The van der Waals surface area contributed by atoms with Gasteiger partial charge in [-0.2, -0.15) is 0 Å². The standard InChI is InChI=1S/C12H16F2N2/c1-9-6-10(8-16-7-9)11(15)2-4-12(13,14)5-3-11/h6-8H,2-5,15H2,1H3. The van der Waals surface area contributed by atoms with Crippen LogP contribution in [0.4, 0.5) is 8.78 Å².